The number of anilines is 6. The van der Waals surface area contributed by atoms with E-state index in [1.54, 1.807) is 0 Å². The third kappa shape index (κ3) is 3.64. The molecular formula is C37H33BN2. The summed E-state index contributed by atoms with van der Waals surface area (Å²) in [6, 6.07) is 43.1. The number of fused-ring (bicyclic) bond motifs is 4. The Bertz CT molecular complexity index is 1690. The van der Waals surface area contributed by atoms with Crippen LogP contribution in [-0.4, -0.2) is 6.71 Å². The van der Waals surface area contributed by atoms with Crippen molar-refractivity contribution in [1.82, 2.24) is 0 Å². The summed E-state index contributed by atoms with van der Waals surface area (Å²) in [7, 11) is 0. The summed E-state index contributed by atoms with van der Waals surface area (Å²) in [4.78, 5) is 5.06. The molecule has 0 aromatic heterocycles. The zero-order valence-corrected chi connectivity index (χ0v) is 23.1. The van der Waals surface area contributed by atoms with Gasteiger partial charge < -0.3 is 9.80 Å². The zero-order chi connectivity index (χ0) is 26.6. The molecule has 0 bridgehead atoms. The van der Waals surface area contributed by atoms with Gasteiger partial charge in [-0.15, -0.1) is 0 Å². The summed E-state index contributed by atoms with van der Waals surface area (Å²) in [5, 5.41) is 0. The first-order chi connectivity index (χ1) is 19.8. The maximum atomic E-state index is 2.55. The molecule has 3 heteroatoms. The van der Waals surface area contributed by atoms with Gasteiger partial charge in [0.1, 0.15) is 0 Å². The molecule has 194 valence electrons. The van der Waals surface area contributed by atoms with E-state index in [1.807, 2.05) is 0 Å². The van der Waals surface area contributed by atoms with Crippen LogP contribution < -0.4 is 26.2 Å². The quantitative estimate of drug-likeness (QED) is 0.219. The summed E-state index contributed by atoms with van der Waals surface area (Å²) in [6.45, 7) is 2.41. The molecule has 0 saturated heterocycles. The van der Waals surface area contributed by atoms with Gasteiger partial charge in [-0.2, -0.15) is 0 Å². The van der Waals surface area contributed by atoms with Crippen molar-refractivity contribution in [3.63, 3.8) is 0 Å². The van der Waals surface area contributed by atoms with Gasteiger partial charge in [0, 0.05) is 34.1 Å². The van der Waals surface area contributed by atoms with Crippen LogP contribution in [0.15, 0.2) is 115 Å². The van der Waals surface area contributed by atoms with Crippen molar-refractivity contribution in [3.8, 4) is 0 Å². The summed E-state index contributed by atoms with van der Waals surface area (Å²) in [5.41, 5.74) is 14.7. The lowest BCUT2D eigenvalue weighted by molar-refractivity contribution is 0.444. The summed E-state index contributed by atoms with van der Waals surface area (Å²) in [6.07, 6.45) is 6.59. The fourth-order valence-corrected chi connectivity index (χ4v) is 7.47. The monoisotopic (exact) mass is 516 g/mol. The van der Waals surface area contributed by atoms with Gasteiger partial charge in [0.25, 0.3) is 6.71 Å². The molecule has 3 aliphatic rings. The van der Waals surface area contributed by atoms with Crippen molar-refractivity contribution in [2.75, 3.05) is 9.80 Å². The van der Waals surface area contributed by atoms with Crippen molar-refractivity contribution < 1.29 is 0 Å². The van der Waals surface area contributed by atoms with E-state index in [1.165, 1.54) is 93.7 Å². The van der Waals surface area contributed by atoms with Crippen molar-refractivity contribution in [2.24, 2.45) is 0 Å². The number of rotatable bonds is 3. The smallest absolute Gasteiger partial charge is 0.252 e. The molecule has 0 N–H and O–H groups in total. The van der Waals surface area contributed by atoms with Crippen LogP contribution in [0.3, 0.4) is 0 Å². The lowest BCUT2D eigenvalue weighted by Crippen LogP contribution is -2.61. The standard InChI is InChI=1S/C37H33BN2/c1-26-21-22-34-32(23-26)38-31-19-11-12-20-33(31)39(29-15-7-3-8-16-29)35-24-28(27-13-5-2-6-14-27)25-36(37(35)38)40(34)30-17-9-4-10-18-30/h3-4,7-12,15-25,27H,2,5-6,13-14H2,1H3. The van der Waals surface area contributed by atoms with E-state index >= 15 is 0 Å². The number of para-hydroxylation sites is 3. The molecule has 8 rings (SSSR count). The molecule has 1 saturated carbocycles. The Morgan fingerprint density at radius 1 is 0.550 bits per heavy atom. The largest absolute Gasteiger partial charge is 0.311 e. The Kier molecular flexibility index (Phi) is 5.58. The molecule has 0 radical (unpaired) electrons. The number of benzene rings is 5. The van der Waals surface area contributed by atoms with Gasteiger partial charge in [0.2, 0.25) is 0 Å². The highest BCUT2D eigenvalue weighted by Gasteiger charge is 2.43. The minimum atomic E-state index is 0.191. The molecule has 0 amide bonds. The highest BCUT2D eigenvalue weighted by atomic mass is 15.2. The molecular weight excluding hydrogens is 483 g/mol. The van der Waals surface area contributed by atoms with Crippen molar-refractivity contribution in [2.45, 2.75) is 44.9 Å². The van der Waals surface area contributed by atoms with Crippen LogP contribution in [0, 0.1) is 6.92 Å². The second kappa shape index (κ2) is 9.45. The van der Waals surface area contributed by atoms with E-state index in [2.05, 4.69) is 132 Å². The first-order valence-corrected chi connectivity index (χ1v) is 14.9. The minimum Gasteiger partial charge on any atom is -0.311 e. The van der Waals surface area contributed by atoms with Gasteiger partial charge in [0.05, 0.1) is 0 Å². The minimum absolute atomic E-state index is 0.191. The lowest BCUT2D eigenvalue weighted by atomic mass is 9.33. The summed E-state index contributed by atoms with van der Waals surface area (Å²) >= 11 is 0. The van der Waals surface area contributed by atoms with Crippen LogP contribution >= 0.6 is 0 Å². The molecule has 5 aromatic rings. The summed E-state index contributed by atoms with van der Waals surface area (Å²) in [5.74, 6) is 0.612. The Hall–Kier alpha value is -4.24. The Morgan fingerprint density at radius 2 is 1.12 bits per heavy atom. The predicted octanol–water partition coefficient (Wildman–Crippen LogP) is 8.13. The van der Waals surface area contributed by atoms with Crippen LogP contribution in [0.4, 0.5) is 34.1 Å². The first-order valence-electron chi connectivity index (χ1n) is 14.9. The highest BCUT2D eigenvalue weighted by molar-refractivity contribution is 7.00. The maximum Gasteiger partial charge on any atom is 0.252 e. The van der Waals surface area contributed by atoms with E-state index in [9.17, 15) is 0 Å². The van der Waals surface area contributed by atoms with Crippen LogP contribution in [0.5, 0.6) is 0 Å². The van der Waals surface area contributed by atoms with Crippen molar-refractivity contribution in [1.29, 1.82) is 0 Å². The van der Waals surface area contributed by atoms with E-state index in [0.717, 1.165) is 0 Å². The average molecular weight is 516 g/mol. The topological polar surface area (TPSA) is 6.48 Å². The Balaban J connectivity index is 1.48. The second-order valence-corrected chi connectivity index (χ2v) is 11.7. The van der Waals surface area contributed by atoms with Crippen LogP contribution in [-0.2, 0) is 0 Å². The van der Waals surface area contributed by atoms with Gasteiger partial charge >= 0.3 is 0 Å². The highest BCUT2D eigenvalue weighted by Crippen LogP contribution is 2.46. The van der Waals surface area contributed by atoms with Gasteiger partial charge in [0.15, 0.2) is 0 Å². The summed E-state index contributed by atoms with van der Waals surface area (Å²) < 4.78 is 0. The van der Waals surface area contributed by atoms with Crippen LogP contribution in [0.1, 0.15) is 49.1 Å². The Labute approximate surface area is 238 Å². The lowest BCUT2D eigenvalue weighted by Gasteiger charge is -2.45. The molecule has 5 aromatic carbocycles. The molecule has 0 spiro atoms. The molecule has 1 fully saturated rings. The Morgan fingerprint density at radius 3 is 1.77 bits per heavy atom. The van der Waals surface area contributed by atoms with Gasteiger partial charge in [-0.1, -0.05) is 91.6 Å². The number of aryl methyl sites for hydroxylation is 1. The second-order valence-electron chi connectivity index (χ2n) is 11.7. The molecule has 1 aliphatic carbocycles. The van der Waals surface area contributed by atoms with E-state index in [4.69, 9.17) is 0 Å². The normalized spacial score (nSPS) is 15.9. The van der Waals surface area contributed by atoms with E-state index in [0.29, 0.717) is 5.92 Å². The average Bonchev–Trinajstić information content (AvgIpc) is 3.02. The van der Waals surface area contributed by atoms with Crippen LogP contribution in [0.2, 0.25) is 0 Å². The molecule has 0 unspecified atom stereocenters. The van der Waals surface area contributed by atoms with Crippen LogP contribution in [0.25, 0.3) is 0 Å². The molecule has 2 heterocycles. The molecule has 2 nitrogen and oxygen atoms in total. The predicted molar refractivity (Wildman–Crippen MR) is 171 cm³/mol. The molecule has 40 heavy (non-hydrogen) atoms. The zero-order valence-electron chi connectivity index (χ0n) is 23.1. The van der Waals surface area contributed by atoms with E-state index < -0.39 is 0 Å². The number of hydrogen-bond acceptors (Lipinski definition) is 2. The maximum absolute atomic E-state index is 2.55. The van der Waals surface area contributed by atoms with Crippen molar-refractivity contribution in [3.05, 3.63) is 126 Å². The molecule has 2 aliphatic heterocycles. The van der Waals surface area contributed by atoms with Crippen molar-refractivity contribution >= 4 is 57.2 Å². The SMILES string of the molecule is Cc1ccc2c(c1)B1c3ccccc3N(c3ccccc3)c3cc(C4CCCCC4)cc(c31)N2c1ccccc1. The fraction of sp³-hybridized carbons (Fsp3) is 0.189. The first kappa shape index (κ1) is 23.6. The molecule has 0 atom stereocenters. The van der Waals surface area contributed by atoms with E-state index in [-0.39, 0.29) is 6.71 Å². The fourth-order valence-electron chi connectivity index (χ4n) is 7.47. The van der Waals surface area contributed by atoms with Gasteiger partial charge in [-0.05, 0) is 96.2 Å². The third-order valence-electron chi connectivity index (χ3n) is 9.26. The van der Waals surface area contributed by atoms with Gasteiger partial charge in [-0.25, -0.2) is 0 Å². The number of hydrogen-bond donors (Lipinski definition) is 0. The third-order valence-corrected chi connectivity index (χ3v) is 9.26. The number of nitrogens with zero attached hydrogens (tertiary/aromatic N) is 2. The van der Waals surface area contributed by atoms with Gasteiger partial charge in [-0.3, -0.25) is 0 Å².